The summed E-state index contributed by atoms with van der Waals surface area (Å²) in [5, 5.41) is 7.75. The van der Waals surface area contributed by atoms with Crippen LogP contribution in [0.25, 0.3) is 0 Å². The van der Waals surface area contributed by atoms with E-state index in [1.54, 1.807) is 0 Å². The van der Waals surface area contributed by atoms with Crippen LogP contribution < -0.4 is 0 Å². The molecule has 0 aliphatic carbocycles. The zero-order valence-electron chi connectivity index (χ0n) is 25.8. The maximum Gasteiger partial charge on any atom is 0.327 e. The third-order valence-electron chi connectivity index (χ3n) is 7.89. The number of hydrogen-bond acceptors (Lipinski definition) is 9. The molecule has 246 valence electrons. The van der Waals surface area contributed by atoms with Crippen molar-refractivity contribution in [3.63, 3.8) is 0 Å². The van der Waals surface area contributed by atoms with Gasteiger partial charge in [-0.25, -0.2) is 0 Å². The highest BCUT2D eigenvalue weighted by molar-refractivity contribution is 7.87. The highest BCUT2D eigenvalue weighted by Crippen LogP contribution is 2.23. The first kappa shape index (κ1) is 38.3. The average Bonchev–Trinajstić information content (AvgIpc) is 3.02. The van der Waals surface area contributed by atoms with E-state index in [4.69, 9.17) is 14.2 Å². The molecular formula is C31H56O10S. The zero-order valence-corrected chi connectivity index (χ0v) is 26.6. The molecule has 2 atom stereocenters. The topological polar surface area (TPSA) is 154 Å². The quantitative estimate of drug-likeness (QED) is 0.0562. The summed E-state index contributed by atoms with van der Waals surface area (Å²) in [4.78, 5) is 36.3. The van der Waals surface area contributed by atoms with Gasteiger partial charge >= 0.3 is 17.9 Å². The molecule has 0 saturated carbocycles. The van der Waals surface area contributed by atoms with Gasteiger partial charge in [0.25, 0.3) is 10.1 Å². The van der Waals surface area contributed by atoms with E-state index in [0.717, 1.165) is 19.3 Å². The van der Waals surface area contributed by atoms with Gasteiger partial charge in [0.05, 0.1) is 18.4 Å². The molecule has 0 radical (unpaired) electrons. The van der Waals surface area contributed by atoms with Crippen LogP contribution in [0.3, 0.4) is 0 Å². The van der Waals surface area contributed by atoms with Gasteiger partial charge < -0.3 is 19.3 Å². The van der Waals surface area contributed by atoms with Crippen molar-refractivity contribution in [1.29, 1.82) is 0 Å². The van der Waals surface area contributed by atoms with E-state index >= 15 is 0 Å². The highest BCUT2D eigenvalue weighted by Gasteiger charge is 2.42. The third kappa shape index (κ3) is 18.1. The van der Waals surface area contributed by atoms with Crippen molar-refractivity contribution in [2.75, 3.05) is 26.4 Å². The first-order valence-electron chi connectivity index (χ1n) is 16.2. The molecule has 42 heavy (non-hydrogen) atoms. The predicted molar refractivity (Wildman–Crippen MR) is 160 cm³/mol. The van der Waals surface area contributed by atoms with Crippen LogP contribution in [0.5, 0.6) is 0 Å². The Morgan fingerprint density at radius 2 is 1.21 bits per heavy atom. The summed E-state index contributed by atoms with van der Waals surface area (Å²) in [6.45, 7) is 0.249. The molecule has 2 N–H and O–H groups in total. The normalized spacial score (nSPS) is 19.8. The van der Waals surface area contributed by atoms with Crippen molar-refractivity contribution in [1.82, 2.24) is 0 Å². The molecule has 0 aromatic carbocycles. The molecule has 1 heterocycles. The number of hydrogen-bond donors (Lipinski definition) is 2. The van der Waals surface area contributed by atoms with Crippen LogP contribution in [-0.4, -0.2) is 67.7 Å². The van der Waals surface area contributed by atoms with Crippen molar-refractivity contribution >= 4 is 28.0 Å². The van der Waals surface area contributed by atoms with Gasteiger partial charge in [0.15, 0.2) is 5.25 Å². The van der Waals surface area contributed by atoms with E-state index in [2.05, 4.69) is 6.92 Å². The predicted octanol–water partition coefficient (Wildman–Crippen LogP) is 6.08. The summed E-state index contributed by atoms with van der Waals surface area (Å²) in [6.07, 6.45) is 23.3. The fourth-order valence-electron chi connectivity index (χ4n) is 4.99. The van der Waals surface area contributed by atoms with Crippen LogP contribution >= 0.6 is 0 Å². The summed E-state index contributed by atoms with van der Waals surface area (Å²) >= 11 is 0. The Morgan fingerprint density at radius 3 is 1.64 bits per heavy atom. The molecule has 0 aromatic heterocycles. The number of esters is 3. The molecule has 1 fully saturated rings. The Balaban J connectivity index is 2.08. The lowest BCUT2D eigenvalue weighted by molar-refractivity contribution is -0.161. The smallest absolute Gasteiger partial charge is 0.327 e. The van der Waals surface area contributed by atoms with Gasteiger partial charge in [-0.15, -0.1) is 0 Å². The van der Waals surface area contributed by atoms with Gasteiger partial charge in [-0.05, 0) is 6.42 Å². The Bertz CT molecular complexity index is 860. The molecule has 0 aromatic rings. The number of cyclic esters (lactones) is 2. The third-order valence-corrected chi connectivity index (χ3v) is 8.97. The number of carbonyl (C=O) groups excluding carboxylic acids is 3. The number of carbonyl (C=O) groups is 3. The van der Waals surface area contributed by atoms with E-state index in [1.165, 1.54) is 96.3 Å². The first-order chi connectivity index (χ1) is 20.1. The molecule has 1 aliphatic rings. The van der Waals surface area contributed by atoms with E-state index in [0.29, 0.717) is 6.42 Å². The molecule has 1 saturated heterocycles. The zero-order chi connectivity index (χ0) is 31.1. The lowest BCUT2D eigenvalue weighted by Gasteiger charge is -2.29. The van der Waals surface area contributed by atoms with Crippen molar-refractivity contribution in [2.24, 2.45) is 5.41 Å². The summed E-state index contributed by atoms with van der Waals surface area (Å²) in [5.41, 5.74) is -1.43. The second kappa shape index (κ2) is 22.8. The Hall–Kier alpha value is -1.72. The van der Waals surface area contributed by atoms with Crippen LogP contribution in [0, 0.1) is 5.41 Å². The van der Waals surface area contributed by atoms with Gasteiger partial charge in [0, 0.05) is 6.42 Å². The maximum atomic E-state index is 12.2. The minimum Gasteiger partial charge on any atom is -0.465 e. The summed E-state index contributed by atoms with van der Waals surface area (Å²) in [6, 6.07) is 0. The van der Waals surface area contributed by atoms with Crippen molar-refractivity contribution in [2.45, 2.75) is 147 Å². The van der Waals surface area contributed by atoms with Crippen LogP contribution in [0.4, 0.5) is 0 Å². The fourth-order valence-corrected chi connectivity index (χ4v) is 5.64. The summed E-state index contributed by atoms with van der Waals surface area (Å²) in [5.74, 6) is -2.88. The minimum atomic E-state index is -4.89. The number of unbranched alkanes of at least 4 members (excludes halogenated alkanes) is 18. The lowest BCUT2D eigenvalue weighted by Crippen LogP contribution is -2.42. The largest absolute Gasteiger partial charge is 0.465 e. The van der Waals surface area contributed by atoms with E-state index in [9.17, 15) is 32.5 Å². The molecule has 0 spiro atoms. The van der Waals surface area contributed by atoms with Crippen molar-refractivity contribution < 1.29 is 46.7 Å². The molecule has 10 nitrogen and oxygen atoms in total. The van der Waals surface area contributed by atoms with Gasteiger partial charge in [0.2, 0.25) is 0 Å². The molecule has 1 rings (SSSR count). The van der Waals surface area contributed by atoms with E-state index < -0.39 is 64.9 Å². The highest BCUT2D eigenvalue weighted by atomic mass is 32.2. The van der Waals surface area contributed by atoms with Crippen LogP contribution in [0.15, 0.2) is 0 Å². The Labute approximate surface area is 253 Å². The molecule has 11 heteroatoms. The maximum absolute atomic E-state index is 12.2. The molecule has 1 aliphatic heterocycles. The molecular weight excluding hydrogens is 564 g/mol. The average molecular weight is 621 g/mol. The van der Waals surface area contributed by atoms with Crippen LogP contribution in [0.1, 0.15) is 142 Å². The van der Waals surface area contributed by atoms with Crippen LogP contribution in [0.2, 0.25) is 0 Å². The van der Waals surface area contributed by atoms with Crippen LogP contribution in [-0.2, 0) is 38.7 Å². The lowest BCUT2D eigenvalue weighted by atomic mass is 9.92. The Morgan fingerprint density at radius 1 is 0.786 bits per heavy atom. The number of rotatable bonds is 24. The Kier molecular flexibility index (Phi) is 20.8. The number of aliphatic hydroxyl groups excluding tert-OH is 1. The first-order valence-corrected chi connectivity index (χ1v) is 17.7. The standard InChI is InChI=1S/C31H56O10S/c1-2-3-4-5-6-7-8-9-10-11-12-13-14-15-16-17-18-19-20-21-28(33)39-24-31(23-32)25-40-29(34)22-27(42(36,37)38)30(35)41-26-31/h27,32H,2-26H2,1H3,(H,36,37,38). The fraction of sp³-hybridized carbons (Fsp3) is 0.903. The second-order valence-corrected chi connectivity index (χ2v) is 13.5. The van der Waals surface area contributed by atoms with Gasteiger partial charge in [-0.1, -0.05) is 122 Å². The second-order valence-electron chi connectivity index (χ2n) is 11.9. The number of ether oxygens (including phenoxy) is 3. The van der Waals surface area contributed by atoms with E-state index in [-0.39, 0.29) is 13.0 Å². The van der Waals surface area contributed by atoms with Crippen molar-refractivity contribution in [3.05, 3.63) is 0 Å². The minimum absolute atomic E-state index is 0.199. The monoisotopic (exact) mass is 620 g/mol. The summed E-state index contributed by atoms with van der Waals surface area (Å²) < 4.78 is 47.2. The molecule has 2 unspecified atom stereocenters. The van der Waals surface area contributed by atoms with Crippen molar-refractivity contribution in [3.8, 4) is 0 Å². The molecule has 0 amide bonds. The van der Waals surface area contributed by atoms with Gasteiger partial charge in [0.1, 0.15) is 19.8 Å². The van der Waals surface area contributed by atoms with Gasteiger partial charge in [-0.3, -0.25) is 18.9 Å². The number of aliphatic hydroxyl groups is 1. The molecule has 0 bridgehead atoms. The summed E-state index contributed by atoms with van der Waals surface area (Å²) in [7, 11) is -4.89. The SMILES string of the molecule is CCCCCCCCCCCCCCCCCCCCCC(=O)OCC1(CO)COC(=O)CC(S(=O)(=O)O)C(=O)OC1. The van der Waals surface area contributed by atoms with Gasteiger partial charge in [-0.2, -0.15) is 8.42 Å². The van der Waals surface area contributed by atoms with E-state index in [1.807, 2.05) is 0 Å².